The number of hydrogen-bond donors (Lipinski definition) is 2. The predicted molar refractivity (Wildman–Crippen MR) is 81.1 cm³/mol. The summed E-state index contributed by atoms with van der Waals surface area (Å²) in [6.07, 6.45) is 1.30. The van der Waals surface area contributed by atoms with Crippen molar-refractivity contribution in [3.8, 4) is 0 Å². The lowest BCUT2D eigenvalue weighted by Crippen LogP contribution is -2.40. The van der Waals surface area contributed by atoms with Gasteiger partial charge in [-0.25, -0.2) is 9.78 Å². The van der Waals surface area contributed by atoms with Crippen molar-refractivity contribution in [2.24, 2.45) is 0 Å². The van der Waals surface area contributed by atoms with Gasteiger partial charge in [-0.05, 0) is 38.0 Å². The second kappa shape index (κ2) is 6.56. The number of likely N-dealkylation sites (tertiary alicyclic amines) is 1. The van der Waals surface area contributed by atoms with Crippen molar-refractivity contribution in [2.75, 3.05) is 18.4 Å². The Balaban J connectivity index is 1.86. The van der Waals surface area contributed by atoms with Gasteiger partial charge in [-0.15, -0.1) is 0 Å². The molecule has 1 fully saturated rings. The normalized spacial score (nSPS) is 17.7. The van der Waals surface area contributed by atoms with Crippen molar-refractivity contribution in [1.82, 2.24) is 15.2 Å². The summed E-state index contributed by atoms with van der Waals surface area (Å²) in [6, 6.07) is 3.51. The molecule has 0 aliphatic carbocycles. The highest BCUT2D eigenvalue weighted by molar-refractivity contribution is 5.88. The molecule has 1 saturated heterocycles. The van der Waals surface area contributed by atoms with Gasteiger partial charge in [0.1, 0.15) is 5.82 Å². The Morgan fingerprint density at radius 1 is 1.38 bits per heavy atom. The number of carbonyl (C=O) groups is 2. The second-order valence-corrected chi connectivity index (χ2v) is 5.45. The van der Waals surface area contributed by atoms with Gasteiger partial charge in [-0.2, -0.15) is 0 Å². The van der Waals surface area contributed by atoms with Crippen LogP contribution < -0.4 is 10.6 Å². The van der Waals surface area contributed by atoms with Crippen LogP contribution in [-0.2, 0) is 4.79 Å². The molecule has 0 aromatic carbocycles. The van der Waals surface area contributed by atoms with E-state index in [4.69, 9.17) is 0 Å². The summed E-state index contributed by atoms with van der Waals surface area (Å²) >= 11 is 0. The fourth-order valence-corrected chi connectivity index (χ4v) is 2.57. The lowest BCUT2D eigenvalue weighted by atomic mass is 10.2. The van der Waals surface area contributed by atoms with Gasteiger partial charge < -0.3 is 10.2 Å². The van der Waals surface area contributed by atoms with Gasteiger partial charge in [0.15, 0.2) is 0 Å². The van der Waals surface area contributed by atoms with Crippen molar-refractivity contribution in [3.05, 3.63) is 23.4 Å². The summed E-state index contributed by atoms with van der Waals surface area (Å²) in [4.78, 5) is 29.6. The van der Waals surface area contributed by atoms with Crippen molar-refractivity contribution in [3.63, 3.8) is 0 Å². The molecule has 3 amide bonds. The maximum absolute atomic E-state index is 12.0. The molecule has 6 nitrogen and oxygen atoms in total. The summed E-state index contributed by atoms with van der Waals surface area (Å²) in [5.74, 6) is 0.681. The van der Waals surface area contributed by atoms with Gasteiger partial charge >= 0.3 is 6.03 Å². The minimum Gasteiger partial charge on any atom is -0.341 e. The van der Waals surface area contributed by atoms with Crippen molar-refractivity contribution >= 4 is 17.8 Å². The largest absolute Gasteiger partial charge is 0.341 e. The van der Waals surface area contributed by atoms with Gasteiger partial charge in [0, 0.05) is 31.2 Å². The molecular weight excluding hydrogens is 268 g/mol. The first-order chi connectivity index (χ1) is 9.97. The highest BCUT2D eigenvalue weighted by Crippen LogP contribution is 2.12. The molecular formula is C15H22N4O2. The standard InChI is InChI=1S/C15H22N4O2/c1-4-14(20)19-6-5-12(9-19)17-15(21)18-13-8-10(2)7-11(3)16-13/h7-8,12H,4-6,9H2,1-3H3,(H2,16,17,18,21). The van der Waals surface area contributed by atoms with E-state index in [0.29, 0.717) is 25.3 Å². The summed E-state index contributed by atoms with van der Waals surface area (Å²) in [6.45, 7) is 6.99. The Labute approximate surface area is 124 Å². The van der Waals surface area contributed by atoms with Crippen LogP contribution in [0, 0.1) is 13.8 Å². The van der Waals surface area contributed by atoms with Crippen LogP contribution in [0.5, 0.6) is 0 Å². The molecule has 114 valence electrons. The lowest BCUT2D eigenvalue weighted by Gasteiger charge is -2.16. The molecule has 0 spiro atoms. The molecule has 0 bridgehead atoms. The maximum Gasteiger partial charge on any atom is 0.320 e. The number of hydrogen-bond acceptors (Lipinski definition) is 3. The molecule has 0 radical (unpaired) electrons. The number of urea groups is 1. The molecule has 21 heavy (non-hydrogen) atoms. The molecule has 6 heteroatoms. The molecule has 1 aromatic rings. The highest BCUT2D eigenvalue weighted by Gasteiger charge is 2.26. The summed E-state index contributed by atoms with van der Waals surface area (Å²) < 4.78 is 0. The highest BCUT2D eigenvalue weighted by atomic mass is 16.2. The zero-order chi connectivity index (χ0) is 15.4. The van der Waals surface area contributed by atoms with E-state index in [0.717, 1.165) is 17.7 Å². The SMILES string of the molecule is CCC(=O)N1CCC(NC(=O)Nc2cc(C)cc(C)n2)C1. The summed E-state index contributed by atoms with van der Waals surface area (Å²) in [5, 5.41) is 5.64. The molecule has 1 atom stereocenters. The third-order valence-electron chi connectivity index (χ3n) is 3.52. The number of rotatable bonds is 3. The lowest BCUT2D eigenvalue weighted by molar-refractivity contribution is -0.129. The van der Waals surface area contributed by atoms with Crippen molar-refractivity contribution in [2.45, 2.75) is 39.7 Å². The zero-order valence-electron chi connectivity index (χ0n) is 12.8. The monoisotopic (exact) mass is 290 g/mol. The number of aromatic nitrogens is 1. The smallest absolute Gasteiger partial charge is 0.320 e. The first-order valence-corrected chi connectivity index (χ1v) is 7.28. The van der Waals surface area contributed by atoms with Crippen LogP contribution in [0.15, 0.2) is 12.1 Å². The Morgan fingerprint density at radius 2 is 2.14 bits per heavy atom. The second-order valence-electron chi connectivity index (χ2n) is 5.45. The fraction of sp³-hybridized carbons (Fsp3) is 0.533. The first kappa shape index (κ1) is 15.3. The van der Waals surface area contributed by atoms with Gasteiger partial charge in [-0.1, -0.05) is 6.92 Å². The van der Waals surface area contributed by atoms with Crippen LogP contribution in [0.25, 0.3) is 0 Å². The van der Waals surface area contributed by atoms with E-state index in [1.807, 2.05) is 32.9 Å². The van der Waals surface area contributed by atoms with Crippen LogP contribution in [0.4, 0.5) is 10.6 Å². The number of amides is 3. The van der Waals surface area contributed by atoms with E-state index in [9.17, 15) is 9.59 Å². The number of nitrogens with one attached hydrogen (secondary N) is 2. The molecule has 0 saturated carbocycles. The Hall–Kier alpha value is -2.11. The minimum atomic E-state index is -0.275. The van der Waals surface area contributed by atoms with Crippen molar-refractivity contribution < 1.29 is 9.59 Å². The van der Waals surface area contributed by atoms with E-state index in [-0.39, 0.29) is 18.0 Å². The first-order valence-electron chi connectivity index (χ1n) is 7.28. The van der Waals surface area contributed by atoms with E-state index in [1.54, 1.807) is 4.90 Å². The number of anilines is 1. The average molecular weight is 290 g/mol. The average Bonchev–Trinajstić information content (AvgIpc) is 2.84. The number of nitrogens with zero attached hydrogens (tertiary/aromatic N) is 2. The Kier molecular flexibility index (Phi) is 4.77. The minimum absolute atomic E-state index is 0.00593. The summed E-state index contributed by atoms with van der Waals surface area (Å²) in [5.41, 5.74) is 1.92. The predicted octanol–water partition coefficient (Wildman–Crippen LogP) is 1.83. The van der Waals surface area contributed by atoms with Gasteiger partial charge in [0.05, 0.1) is 0 Å². The number of aryl methyl sites for hydroxylation is 2. The van der Waals surface area contributed by atoms with Crippen LogP contribution in [-0.4, -0.2) is 41.0 Å². The molecule has 1 aliphatic heterocycles. The third kappa shape index (κ3) is 4.18. The topological polar surface area (TPSA) is 74.3 Å². The maximum atomic E-state index is 12.0. The van der Waals surface area contributed by atoms with E-state index < -0.39 is 0 Å². The Morgan fingerprint density at radius 3 is 2.81 bits per heavy atom. The van der Waals surface area contributed by atoms with Crippen LogP contribution in [0.2, 0.25) is 0 Å². The van der Waals surface area contributed by atoms with E-state index >= 15 is 0 Å². The molecule has 2 N–H and O–H groups in total. The molecule has 2 heterocycles. The Bertz CT molecular complexity index is 524. The van der Waals surface area contributed by atoms with Crippen LogP contribution in [0.3, 0.4) is 0 Å². The number of carbonyl (C=O) groups excluding carboxylic acids is 2. The fourth-order valence-electron chi connectivity index (χ4n) is 2.57. The van der Waals surface area contributed by atoms with Crippen LogP contribution in [0.1, 0.15) is 31.0 Å². The third-order valence-corrected chi connectivity index (χ3v) is 3.52. The molecule has 1 unspecified atom stereocenters. The van der Waals surface area contributed by atoms with Crippen molar-refractivity contribution in [1.29, 1.82) is 0 Å². The molecule has 2 rings (SSSR count). The quantitative estimate of drug-likeness (QED) is 0.892. The van der Waals surface area contributed by atoms with Gasteiger partial charge in [0.2, 0.25) is 5.91 Å². The summed E-state index contributed by atoms with van der Waals surface area (Å²) in [7, 11) is 0. The van der Waals surface area contributed by atoms with E-state index in [2.05, 4.69) is 15.6 Å². The van der Waals surface area contributed by atoms with Crippen LogP contribution >= 0.6 is 0 Å². The van der Waals surface area contributed by atoms with E-state index in [1.165, 1.54) is 0 Å². The number of pyridine rings is 1. The zero-order valence-corrected chi connectivity index (χ0v) is 12.8. The van der Waals surface area contributed by atoms with Gasteiger partial charge in [-0.3, -0.25) is 10.1 Å². The molecule has 1 aromatic heterocycles. The molecule has 1 aliphatic rings. The van der Waals surface area contributed by atoms with Gasteiger partial charge in [0.25, 0.3) is 0 Å².